The molecular formula is C18H27N3O2. The summed E-state index contributed by atoms with van der Waals surface area (Å²) >= 11 is 0. The zero-order chi connectivity index (χ0) is 16.1. The van der Waals surface area contributed by atoms with Gasteiger partial charge in [-0.1, -0.05) is 30.3 Å². The summed E-state index contributed by atoms with van der Waals surface area (Å²) < 4.78 is 0. The van der Waals surface area contributed by atoms with Gasteiger partial charge in [-0.25, -0.2) is 0 Å². The molecule has 0 aromatic heterocycles. The number of carbonyl (C=O) groups is 1. The summed E-state index contributed by atoms with van der Waals surface area (Å²) in [7, 11) is 0. The zero-order valence-corrected chi connectivity index (χ0v) is 13.7. The Labute approximate surface area is 138 Å². The molecule has 5 heteroatoms. The van der Waals surface area contributed by atoms with Crippen molar-refractivity contribution in [2.24, 2.45) is 5.92 Å². The van der Waals surface area contributed by atoms with E-state index >= 15 is 0 Å². The lowest BCUT2D eigenvalue weighted by Gasteiger charge is -2.38. The first-order chi connectivity index (χ1) is 11.2. The summed E-state index contributed by atoms with van der Waals surface area (Å²) in [4.78, 5) is 16.2. The Kier molecular flexibility index (Phi) is 5.65. The molecule has 0 amide bonds. The molecule has 0 spiro atoms. The molecule has 1 aromatic carbocycles. The number of likely N-dealkylation sites (tertiary alicyclic amines) is 1. The van der Waals surface area contributed by atoms with Gasteiger partial charge in [-0.05, 0) is 31.5 Å². The molecule has 2 saturated heterocycles. The van der Waals surface area contributed by atoms with Crippen molar-refractivity contribution < 1.29 is 9.90 Å². The fourth-order valence-corrected chi connectivity index (χ4v) is 3.72. The first kappa shape index (κ1) is 16.4. The fraction of sp³-hybridized carbons (Fsp3) is 0.611. The summed E-state index contributed by atoms with van der Waals surface area (Å²) in [5.74, 6) is -0.953. The van der Waals surface area contributed by atoms with Crippen molar-refractivity contribution >= 4 is 5.97 Å². The first-order valence-electron chi connectivity index (χ1n) is 8.66. The highest BCUT2D eigenvalue weighted by molar-refractivity contribution is 5.70. The van der Waals surface area contributed by atoms with Gasteiger partial charge in [0.1, 0.15) is 0 Å². The van der Waals surface area contributed by atoms with Gasteiger partial charge < -0.3 is 10.4 Å². The number of hydrogen-bond acceptors (Lipinski definition) is 4. The second kappa shape index (κ2) is 7.90. The third-order valence-corrected chi connectivity index (χ3v) is 5.09. The third kappa shape index (κ3) is 4.53. The van der Waals surface area contributed by atoms with Crippen LogP contribution in [0.2, 0.25) is 0 Å². The van der Waals surface area contributed by atoms with Gasteiger partial charge in [0, 0.05) is 38.8 Å². The molecule has 0 saturated carbocycles. The predicted molar refractivity (Wildman–Crippen MR) is 90.3 cm³/mol. The number of aliphatic carboxylic acids is 1. The Balaban J connectivity index is 1.50. The Morgan fingerprint density at radius 1 is 1.17 bits per heavy atom. The van der Waals surface area contributed by atoms with E-state index in [0.717, 1.165) is 45.6 Å². The highest BCUT2D eigenvalue weighted by Crippen LogP contribution is 2.20. The van der Waals surface area contributed by atoms with Crippen LogP contribution in [0.1, 0.15) is 18.4 Å². The molecule has 0 radical (unpaired) electrons. The van der Waals surface area contributed by atoms with Crippen LogP contribution in [0.25, 0.3) is 0 Å². The van der Waals surface area contributed by atoms with Gasteiger partial charge in [0.05, 0.1) is 5.92 Å². The van der Waals surface area contributed by atoms with Crippen LogP contribution in [0, 0.1) is 5.92 Å². The number of carboxylic acid groups (broad SMARTS) is 1. The van der Waals surface area contributed by atoms with Crippen molar-refractivity contribution in [2.45, 2.75) is 25.4 Å². The normalized spacial score (nSPS) is 25.1. The SMILES string of the molecule is O=C(O)C1CNCCN(C2CCN(Cc3ccccc3)CC2)C1. The molecular weight excluding hydrogens is 290 g/mol. The minimum Gasteiger partial charge on any atom is -0.481 e. The minimum absolute atomic E-state index is 0.278. The Morgan fingerprint density at radius 2 is 1.91 bits per heavy atom. The molecule has 5 nitrogen and oxygen atoms in total. The lowest BCUT2D eigenvalue weighted by molar-refractivity contribution is -0.142. The molecule has 1 unspecified atom stereocenters. The first-order valence-corrected chi connectivity index (χ1v) is 8.66. The van der Waals surface area contributed by atoms with Gasteiger partial charge in [-0.3, -0.25) is 14.6 Å². The van der Waals surface area contributed by atoms with Crippen LogP contribution in [0.4, 0.5) is 0 Å². The summed E-state index contributed by atoms with van der Waals surface area (Å²) in [6.07, 6.45) is 2.28. The van der Waals surface area contributed by atoms with Gasteiger partial charge >= 0.3 is 5.97 Å². The smallest absolute Gasteiger partial charge is 0.309 e. The third-order valence-electron chi connectivity index (χ3n) is 5.09. The number of benzene rings is 1. The second-order valence-electron chi connectivity index (χ2n) is 6.73. The summed E-state index contributed by atoms with van der Waals surface area (Å²) in [6, 6.07) is 11.1. The standard InChI is InChI=1S/C18H27N3O2/c22-18(23)16-12-19-8-11-21(14-16)17-6-9-20(10-7-17)13-15-4-2-1-3-5-15/h1-5,16-17,19H,6-14H2,(H,22,23). The van der Waals surface area contributed by atoms with E-state index in [-0.39, 0.29) is 5.92 Å². The zero-order valence-electron chi connectivity index (χ0n) is 13.7. The topological polar surface area (TPSA) is 55.8 Å². The molecule has 2 heterocycles. The fourth-order valence-electron chi connectivity index (χ4n) is 3.72. The van der Waals surface area contributed by atoms with Crippen LogP contribution in [-0.2, 0) is 11.3 Å². The van der Waals surface area contributed by atoms with Gasteiger partial charge in [-0.2, -0.15) is 0 Å². The van der Waals surface area contributed by atoms with E-state index in [9.17, 15) is 9.90 Å². The lowest BCUT2D eigenvalue weighted by Crippen LogP contribution is -2.47. The molecule has 2 aliphatic rings. The van der Waals surface area contributed by atoms with Crippen molar-refractivity contribution in [1.82, 2.24) is 15.1 Å². The average molecular weight is 317 g/mol. The number of piperidine rings is 1. The van der Waals surface area contributed by atoms with Crippen molar-refractivity contribution in [3.05, 3.63) is 35.9 Å². The Morgan fingerprint density at radius 3 is 2.61 bits per heavy atom. The van der Waals surface area contributed by atoms with Crippen LogP contribution < -0.4 is 5.32 Å². The number of hydrogen-bond donors (Lipinski definition) is 2. The maximum Gasteiger partial charge on any atom is 0.309 e. The predicted octanol–water partition coefficient (Wildman–Crippen LogP) is 1.26. The molecule has 2 fully saturated rings. The van der Waals surface area contributed by atoms with E-state index in [0.29, 0.717) is 19.1 Å². The molecule has 0 aliphatic carbocycles. The number of carboxylic acids is 1. The van der Waals surface area contributed by atoms with Gasteiger partial charge in [0.2, 0.25) is 0 Å². The Hall–Kier alpha value is -1.43. The molecule has 23 heavy (non-hydrogen) atoms. The summed E-state index contributed by atoms with van der Waals surface area (Å²) in [5.41, 5.74) is 1.37. The monoisotopic (exact) mass is 317 g/mol. The number of nitrogens with one attached hydrogen (secondary N) is 1. The second-order valence-corrected chi connectivity index (χ2v) is 6.73. The summed E-state index contributed by atoms with van der Waals surface area (Å²) in [5, 5.41) is 12.6. The molecule has 2 N–H and O–H groups in total. The number of rotatable bonds is 4. The van der Waals surface area contributed by atoms with Crippen molar-refractivity contribution in [3.63, 3.8) is 0 Å². The van der Waals surface area contributed by atoms with E-state index in [1.807, 2.05) is 0 Å². The quantitative estimate of drug-likeness (QED) is 0.875. The highest BCUT2D eigenvalue weighted by atomic mass is 16.4. The van der Waals surface area contributed by atoms with E-state index in [1.165, 1.54) is 5.56 Å². The van der Waals surface area contributed by atoms with Gasteiger partial charge in [-0.15, -0.1) is 0 Å². The lowest BCUT2D eigenvalue weighted by atomic mass is 10.0. The molecule has 0 bridgehead atoms. The van der Waals surface area contributed by atoms with Gasteiger partial charge in [0.25, 0.3) is 0 Å². The molecule has 2 aliphatic heterocycles. The largest absolute Gasteiger partial charge is 0.481 e. The molecule has 1 aromatic rings. The maximum atomic E-state index is 11.3. The molecule has 126 valence electrons. The van der Waals surface area contributed by atoms with Crippen LogP contribution in [-0.4, -0.2) is 66.2 Å². The average Bonchev–Trinajstić information content (AvgIpc) is 2.83. The van der Waals surface area contributed by atoms with E-state index in [1.54, 1.807) is 0 Å². The number of nitrogens with zero attached hydrogens (tertiary/aromatic N) is 2. The van der Waals surface area contributed by atoms with Crippen LogP contribution in [0.5, 0.6) is 0 Å². The maximum absolute atomic E-state index is 11.3. The van der Waals surface area contributed by atoms with Crippen molar-refractivity contribution in [1.29, 1.82) is 0 Å². The highest BCUT2D eigenvalue weighted by Gasteiger charge is 2.30. The van der Waals surface area contributed by atoms with E-state index in [4.69, 9.17) is 0 Å². The van der Waals surface area contributed by atoms with Crippen LogP contribution >= 0.6 is 0 Å². The van der Waals surface area contributed by atoms with E-state index < -0.39 is 5.97 Å². The Bertz CT molecular complexity index is 500. The molecule has 1 atom stereocenters. The summed E-state index contributed by atoms with van der Waals surface area (Å²) in [6.45, 7) is 6.36. The van der Waals surface area contributed by atoms with Crippen LogP contribution in [0.15, 0.2) is 30.3 Å². The van der Waals surface area contributed by atoms with Crippen molar-refractivity contribution in [3.8, 4) is 0 Å². The molecule has 3 rings (SSSR count). The minimum atomic E-state index is -0.675. The van der Waals surface area contributed by atoms with Crippen molar-refractivity contribution in [2.75, 3.05) is 39.3 Å². The van der Waals surface area contributed by atoms with Gasteiger partial charge in [0.15, 0.2) is 0 Å². The van der Waals surface area contributed by atoms with Crippen LogP contribution in [0.3, 0.4) is 0 Å². The van der Waals surface area contributed by atoms with E-state index in [2.05, 4.69) is 45.4 Å².